The molecule has 0 atom stereocenters. The lowest BCUT2D eigenvalue weighted by atomic mass is 10.2. The van der Waals surface area contributed by atoms with Gasteiger partial charge in [0.25, 0.3) is 0 Å². The Morgan fingerprint density at radius 3 is 2.50 bits per heavy atom. The van der Waals surface area contributed by atoms with E-state index in [2.05, 4.69) is 6.07 Å². The first kappa shape index (κ1) is 14.2. The molecule has 2 aromatic rings. The van der Waals surface area contributed by atoms with Crippen molar-refractivity contribution in [2.24, 2.45) is 0 Å². The Morgan fingerprint density at radius 2 is 1.75 bits per heavy atom. The van der Waals surface area contributed by atoms with Crippen molar-refractivity contribution in [1.29, 1.82) is 5.26 Å². The molecule has 2 rings (SSSR count). The van der Waals surface area contributed by atoms with Gasteiger partial charge in [0.05, 0.1) is 5.56 Å². The van der Waals surface area contributed by atoms with Gasteiger partial charge in [-0.25, -0.2) is 0 Å². The minimum Gasteiger partial charge on any atom is -0.490 e. The molecular weight excluding hydrogens is 274 g/mol. The van der Waals surface area contributed by atoms with Crippen LogP contribution >= 0.6 is 11.6 Å². The van der Waals surface area contributed by atoms with Gasteiger partial charge in [-0.2, -0.15) is 5.26 Å². The Kier molecular flexibility index (Phi) is 4.86. The number of para-hydroxylation sites is 1. The average Bonchev–Trinajstić information content (AvgIpc) is 2.47. The highest BCUT2D eigenvalue weighted by Gasteiger charge is 2.03. The van der Waals surface area contributed by atoms with Crippen molar-refractivity contribution < 1.29 is 9.47 Å². The van der Waals surface area contributed by atoms with Gasteiger partial charge in [-0.3, -0.25) is 0 Å². The normalized spacial score (nSPS) is 9.85. The van der Waals surface area contributed by atoms with Crippen molar-refractivity contribution in [1.82, 2.24) is 0 Å². The van der Waals surface area contributed by atoms with Crippen LogP contribution in [0.3, 0.4) is 0 Å². The van der Waals surface area contributed by atoms with Crippen LogP contribution in [0.2, 0.25) is 5.02 Å². The summed E-state index contributed by atoms with van der Waals surface area (Å²) in [6, 6.07) is 14.7. The molecule has 0 saturated heterocycles. The van der Waals surface area contributed by atoms with Crippen molar-refractivity contribution in [2.75, 3.05) is 13.2 Å². The van der Waals surface area contributed by atoms with E-state index >= 15 is 0 Å². The quantitative estimate of drug-likeness (QED) is 0.781. The molecule has 0 heterocycles. The predicted octanol–water partition coefficient (Wildman–Crippen LogP) is 3.98. The number of hydrogen-bond acceptors (Lipinski definition) is 3. The smallest absolute Gasteiger partial charge is 0.137 e. The average molecular weight is 288 g/mol. The van der Waals surface area contributed by atoms with Crippen molar-refractivity contribution in [3.05, 3.63) is 58.6 Å². The second-order valence-corrected chi connectivity index (χ2v) is 4.65. The molecule has 0 aliphatic rings. The van der Waals surface area contributed by atoms with E-state index in [-0.39, 0.29) is 0 Å². The van der Waals surface area contributed by atoms with Crippen LogP contribution in [-0.4, -0.2) is 13.2 Å². The van der Waals surface area contributed by atoms with Crippen LogP contribution in [0.1, 0.15) is 11.1 Å². The maximum atomic E-state index is 8.94. The molecule has 0 aromatic heterocycles. The largest absolute Gasteiger partial charge is 0.490 e. The standard InChI is InChI=1S/C16H14ClNO2/c1-12-6-7-14(17)10-16(12)20-9-8-19-15-5-3-2-4-13(15)11-18/h2-7,10H,8-9H2,1H3. The molecule has 0 saturated carbocycles. The van der Waals surface area contributed by atoms with Gasteiger partial charge in [-0.15, -0.1) is 0 Å². The Morgan fingerprint density at radius 1 is 1.05 bits per heavy atom. The number of rotatable bonds is 5. The van der Waals surface area contributed by atoms with Crippen LogP contribution in [0.4, 0.5) is 0 Å². The zero-order valence-corrected chi connectivity index (χ0v) is 11.9. The lowest BCUT2D eigenvalue weighted by Crippen LogP contribution is -2.10. The monoisotopic (exact) mass is 287 g/mol. The van der Waals surface area contributed by atoms with E-state index in [1.165, 1.54) is 0 Å². The van der Waals surface area contributed by atoms with Gasteiger partial charge in [0.2, 0.25) is 0 Å². The summed E-state index contributed by atoms with van der Waals surface area (Å²) >= 11 is 5.92. The Balaban J connectivity index is 1.88. The van der Waals surface area contributed by atoms with Gasteiger partial charge in [0, 0.05) is 5.02 Å². The number of nitrogens with zero attached hydrogens (tertiary/aromatic N) is 1. The van der Waals surface area contributed by atoms with Gasteiger partial charge < -0.3 is 9.47 Å². The van der Waals surface area contributed by atoms with Crippen LogP contribution in [0.5, 0.6) is 11.5 Å². The maximum Gasteiger partial charge on any atom is 0.137 e. The fourth-order valence-electron chi connectivity index (χ4n) is 1.72. The summed E-state index contributed by atoms with van der Waals surface area (Å²) < 4.78 is 11.2. The number of ether oxygens (including phenoxy) is 2. The first-order chi connectivity index (χ1) is 9.70. The van der Waals surface area contributed by atoms with Crippen molar-refractivity contribution in [3.8, 4) is 17.6 Å². The topological polar surface area (TPSA) is 42.2 Å². The summed E-state index contributed by atoms with van der Waals surface area (Å²) in [6.07, 6.45) is 0. The third-order valence-electron chi connectivity index (χ3n) is 2.76. The Bertz CT molecular complexity index is 635. The summed E-state index contributed by atoms with van der Waals surface area (Å²) in [5.74, 6) is 1.32. The van der Waals surface area contributed by atoms with E-state index < -0.39 is 0 Å². The predicted molar refractivity (Wildman–Crippen MR) is 78.3 cm³/mol. The first-order valence-corrected chi connectivity index (χ1v) is 6.59. The highest BCUT2D eigenvalue weighted by atomic mass is 35.5. The lowest BCUT2D eigenvalue weighted by Gasteiger charge is -2.11. The zero-order valence-electron chi connectivity index (χ0n) is 11.1. The van der Waals surface area contributed by atoms with Crippen molar-refractivity contribution >= 4 is 11.6 Å². The van der Waals surface area contributed by atoms with Gasteiger partial charge >= 0.3 is 0 Å². The van der Waals surface area contributed by atoms with Crippen LogP contribution in [0, 0.1) is 18.3 Å². The molecule has 2 aromatic carbocycles. The summed E-state index contributed by atoms with van der Waals surface area (Å²) in [6.45, 7) is 2.71. The molecule has 0 amide bonds. The van der Waals surface area contributed by atoms with E-state index in [4.69, 9.17) is 26.3 Å². The first-order valence-electron chi connectivity index (χ1n) is 6.21. The van der Waals surface area contributed by atoms with Crippen LogP contribution in [0.15, 0.2) is 42.5 Å². The van der Waals surface area contributed by atoms with Crippen LogP contribution in [-0.2, 0) is 0 Å². The second kappa shape index (κ2) is 6.83. The fourth-order valence-corrected chi connectivity index (χ4v) is 1.88. The number of benzene rings is 2. The molecule has 20 heavy (non-hydrogen) atoms. The van der Waals surface area contributed by atoms with Gasteiger partial charge in [0.1, 0.15) is 30.8 Å². The number of hydrogen-bond donors (Lipinski definition) is 0. The molecule has 0 unspecified atom stereocenters. The lowest BCUT2D eigenvalue weighted by molar-refractivity contribution is 0.216. The fraction of sp³-hybridized carbons (Fsp3) is 0.188. The highest BCUT2D eigenvalue weighted by Crippen LogP contribution is 2.22. The second-order valence-electron chi connectivity index (χ2n) is 4.21. The molecule has 0 fully saturated rings. The number of halogens is 1. The van der Waals surface area contributed by atoms with Gasteiger partial charge in [0.15, 0.2) is 0 Å². The van der Waals surface area contributed by atoms with Gasteiger partial charge in [-0.1, -0.05) is 29.8 Å². The molecule has 0 N–H and O–H groups in total. The van der Waals surface area contributed by atoms with E-state index in [9.17, 15) is 0 Å². The van der Waals surface area contributed by atoms with Crippen LogP contribution < -0.4 is 9.47 Å². The summed E-state index contributed by atoms with van der Waals surface area (Å²) in [5, 5.41) is 9.58. The van der Waals surface area contributed by atoms with E-state index in [0.717, 1.165) is 11.3 Å². The Labute approximate surface area is 123 Å². The SMILES string of the molecule is Cc1ccc(Cl)cc1OCCOc1ccccc1C#N. The van der Waals surface area contributed by atoms with E-state index in [0.29, 0.717) is 29.5 Å². The molecule has 0 spiro atoms. The molecular formula is C16H14ClNO2. The third-order valence-corrected chi connectivity index (χ3v) is 2.99. The van der Waals surface area contributed by atoms with Crippen molar-refractivity contribution in [3.63, 3.8) is 0 Å². The summed E-state index contributed by atoms with van der Waals surface area (Å²) in [5.41, 5.74) is 1.54. The van der Waals surface area contributed by atoms with E-state index in [1.807, 2.05) is 25.1 Å². The maximum absolute atomic E-state index is 8.94. The molecule has 4 heteroatoms. The molecule has 3 nitrogen and oxygen atoms in total. The molecule has 0 radical (unpaired) electrons. The molecule has 102 valence electrons. The summed E-state index contributed by atoms with van der Waals surface area (Å²) in [4.78, 5) is 0. The summed E-state index contributed by atoms with van der Waals surface area (Å²) in [7, 11) is 0. The minimum atomic E-state index is 0.366. The number of aryl methyl sites for hydroxylation is 1. The Hall–Kier alpha value is -2.18. The molecule has 0 aliphatic heterocycles. The highest BCUT2D eigenvalue weighted by molar-refractivity contribution is 6.30. The van der Waals surface area contributed by atoms with Crippen molar-refractivity contribution in [2.45, 2.75) is 6.92 Å². The molecule has 0 aliphatic carbocycles. The number of nitriles is 1. The zero-order chi connectivity index (χ0) is 14.4. The van der Waals surface area contributed by atoms with E-state index in [1.54, 1.807) is 24.3 Å². The third kappa shape index (κ3) is 3.66. The molecule has 0 bridgehead atoms. The van der Waals surface area contributed by atoms with Crippen LogP contribution in [0.25, 0.3) is 0 Å². The van der Waals surface area contributed by atoms with Gasteiger partial charge in [-0.05, 0) is 36.8 Å². The minimum absolute atomic E-state index is 0.366.